The number of hydrogen-bond acceptors (Lipinski definition) is 3. The average Bonchev–Trinajstić information content (AvgIpc) is 3.32. The summed E-state index contributed by atoms with van der Waals surface area (Å²) in [5.74, 6) is 0.293. The lowest BCUT2D eigenvalue weighted by Gasteiger charge is -2.38. The van der Waals surface area contributed by atoms with E-state index in [9.17, 15) is 0 Å². The molecule has 0 saturated heterocycles. The van der Waals surface area contributed by atoms with Crippen LogP contribution in [-0.4, -0.2) is 10.2 Å². The van der Waals surface area contributed by atoms with Crippen LogP contribution < -0.4 is 10.6 Å². The molecule has 4 nitrogen and oxygen atoms in total. The molecule has 4 aromatic rings. The van der Waals surface area contributed by atoms with Crippen LogP contribution in [0.1, 0.15) is 34.7 Å². The number of halogens is 1. The minimum absolute atomic E-state index is 0.194. The fourth-order valence-electron chi connectivity index (χ4n) is 4.69. The number of benzene rings is 3. The van der Waals surface area contributed by atoms with Crippen molar-refractivity contribution < 1.29 is 0 Å². The molecular formula is C22H17BrN4. The highest BCUT2D eigenvalue weighted by Crippen LogP contribution is 2.57. The summed E-state index contributed by atoms with van der Waals surface area (Å²) >= 11 is 3.66. The number of aromatic nitrogens is 2. The van der Waals surface area contributed by atoms with Crippen molar-refractivity contribution in [3.63, 3.8) is 0 Å². The lowest BCUT2D eigenvalue weighted by atomic mass is 9.77. The Labute approximate surface area is 165 Å². The third-order valence-electron chi connectivity index (χ3n) is 5.84. The Morgan fingerprint density at radius 1 is 0.852 bits per heavy atom. The van der Waals surface area contributed by atoms with Crippen molar-refractivity contribution in [1.29, 1.82) is 0 Å². The molecule has 3 heterocycles. The van der Waals surface area contributed by atoms with E-state index >= 15 is 0 Å². The van der Waals surface area contributed by atoms with E-state index in [-0.39, 0.29) is 12.1 Å². The van der Waals surface area contributed by atoms with Crippen molar-refractivity contribution in [1.82, 2.24) is 10.2 Å². The van der Waals surface area contributed by atoms with Gasteiger partial charge in [0.15, 0.2) is 0 Å². The van der Waals surface area contributed by atoms with Crippen LogP contribution >= 0.6 is 15.9 Å². The molecule has 0 amide bonds. The van der Waals surface area contributed by atoms with E-state index in [0.29, 0.717) is 5.92 Å². The first kappa shape index (κ1) is 15.3. The van der Waals surface area contributed by atoms with E-state index in [0.717, 1.165) is 15.4 Å². The quantitative estimate of drug-likeness (QED) is 0.370. The molecule has 0 fully saturated rings. The van der Waals surface area contributed by atoms with Crippen molar-refractivity contribution in [2.24, 2.45) is 0 Å². The number of nitrogens with one attached hydrogen (secondary N) is 3. The number of anilines is 2. The van der Waals surface area contributed by atoms with Crippen LogP contribution in [0.5, 0.6) is 0 Å². The largest absolute Gasteiger partial charge is 0.377 e. The predicted octanol–water partition coefficient (Wildman–Crippen LogP) is 5.74. The molecule has 0 spiro atoms. The maximum Gasteiger partial charge on any atom is 0.0723 e. The highest BCUT2D eigenvalue weighted by molar-refractivity contribution is 9.10. The van der Waals surface area contributed by atoms with Crippen LogP contribution in [-0.2, 0) is 0 Å². The van der Waals surface area contributed by atoms with Crippen molar-refractivity contribution in [3.8, 4) is 0 Å². The zero-order valence-electron chi connectivity index (χ0n) is 14.4. The Hall–Kier alpha value is -2.79. The van der Waals surface area contributed by atoms with Crippen LogP contribution in [0.4, 0.5) is 11.4 Å². The SMILES string of the molecule is Brc1ccc2c(c1)[C@@H]1[C@H](N2)c2c(ccc3cn[nH]c23)N[C@H]1c1ccccc1. The zero-order valence-corrected chi connectivity index (χ0v) is 16.0. The van der Waals surface area contributed by atoms with E-state index in [1.165, 1.54) is 28.1 Å². The molecule has 2 aliphatic heterocycles. The lowest BCUT2D eigenvalue weighted by molar-refractivity contribution is 0.522. The standard InChI is InChI=1S/C22H17BrN4/c23-14-7-9-16-15(10-14)18-20(12-4-2-1-3-5-12)26-17-8-6-13-11-24-27-21(13)19(17)22(18)25-16/h1-11,18,20,22,25-26H,(H,24,27)/t18-,20-,22-/m0/s1. The van der Waals surface area contributed by atoms with Crippen molar-refractivity contribution in [2.75, 3.05) is 10.6 Å². The second-order valence-electron chi connectivity index (χ2n) is 7.27. The lowest BCUT2D eigenvalue weighted by Crippen LogP contribution is -2.30. The van der Waals surface area contributed by atoms with Gasteiger partial charge in [0, 0.05) is 32.7 Å². The van der Waals surface area contributed by atoms with Gasteiger partial charge in [-0.05, 0) is 41.5 Å². The van der Waals surface area contributed by atoms with E-state index in [1.54, 1.807) is 0 Å². The van der Waals surface area contributed by atoms with Gasteiger partial charge in [-0.25, -0.2) is 0 Å². The summed E-state index contributed by atoms with van der Waals surface area (Å²) in [6.07, 6.45) is 1.90. The Bertz CT molecular complexity index is 1170. The molecule has 3 atom stereocenters. The van der Waals surface area contributed by atoms with Gasteiger partial charge in [-0.15, -0.1) is 0 Å². The maximum absolute atomic E-state index is 4.28. The summed E-state index contributed by atoms with van der Waals surface area (Å²) in [7, 11) is 0. The number of fused-ring (bicyclic) bond motifs is 7. The second kappa shape index (κ2) is 5.60. The third-order valence-corrected chi connectivity index (χ3v) is 6.33. The van der Waals surface area contributed by atoms with Crippen LogP contribution in [0.2, 0.25) is 0 Å². The highest BCUT2D eigenvalue weighted by atomic mass is 79.9. The molecule has 5 heteroatoms. The topological polar surface area (TPSA) is 52.7 Å². The van der Waals surface area contributed by atoms with Crippen molar-refractivity contribution in [2.45, 2.75) is 18.0 Å². The maximum atomic E-state index is 4.28. The van der Waals surface area contributed by atoms with Gasteiger partial charge in [-0.3, -0.25) is 5.10 Å². The van der Waals surface area contributed by atoms with Gasteiger partial charge < -0.3 is 10.6 Å². The van der Waals surface area contributed by atoms with Crippen molar-refractivity contribution >= 4 is 38.2 Å². The third kappa shape index (κ3) is 2.18. The smallest absolute Gasteiger partial charge is 0.0723 e. The molecule has 3 N–H and O–H groups in total. The molecule has 2 aliphatic rings. The van der Waals surface area contributed by atoms with Gasteiger partial charge in [0.05, 0.1) is 23.8 Å². The molecule has 0 aliphatic carbocycles. The van der Waals surface area contributed by atoms with Gasteiger partial charge in [0.1, 0.15) is 0 Å². The summed E-state index contributed by atoms with van der Waals surface area (Å²) in [5.41, 5.74) is 7.41. The summed E-state index contributed by atoms with van der Waals surface area (Å²) in [5, 5.41) is 16.3. The van der Waals surface area contributed by atoms with Gasteiger partial charge in [-0.2, -0.15) is 5.10 Å². The normalized spacial score (nSPS) is 22.5. The number of aromatic amines is 1. The van der Waals surface area contributed by atoms with Gasteiger partial charge in [0.2, 0.25) is 0 Å². The summed E-state index contributed by atoms with van der Waals surface area (Å²) in [4.78, 5) is 0. The van der Waals surface area contributed by atoms with Crippen molar-refractivity contribution in [3.05, 3.63) is 88.0 Å². The zero-order chi connectivity index (χ0) is 18.0. The molecule has 1 aromatic heterocycles. The van der Waals surface area contributed by atoms with E-state index in [4.69, 9.17) is 0 Å². The Kier molecular flexibility index (Phi) is 3.17. The number of rotatable bonds is 1. The fraction of sp³-hybridized carbons (Fsp3) is 0.136. The minimum atomic E-state index is 0.194. The number of hydrogen-bond donors (Lipinski definition) is 3. The Morgan fingerprint density at radius 3 is 2.56 bits per heavy atom. The summed E-state index contributed by atoms with van der Waals surface area (Å²) < 4.78 is 1.11. The first-order chi connectivity index (χ1) is 13.3. The van der Waals surface area contributed by atoms with Crippen LogP contribution in [0.15, 0.2) is 71.3 Å². The minimum Gasteiger partial charge on any atom is -0.377 e. The fourth-order valence-corrected chi connectivity index (χ4v) is 5.07. The van der Waals surface area contributed by atoms with E-state index in [1.807, 2.05) is 6.20 Å². The first-order valence-electron chi connectivity index (χ1n) is 9.13. The van der Waals surface area contributed by atoms with Gasteiger partial charge in [0.25, 0.3) is 0 Å². The molecule has 0 bridgehead atoms. The molecule has 0 radical (unpaired) electrons. The molecule has 6 rings (SSSR count). The van der Waals surface area contributed by atoms with Crippen LogP contribution in [0, 0.1) is 0 Å². The molecule has 3 aromatic carbocycles. The van der Waals surface area contributed by atoms with Gasteiger partial charge >= 0.3 is 0 Å². The summed E-state index contributed by atoms with van der Waals surface area (Å²) in [6, 6.07) is 22.0. The highest BCUT2D eigenvalue weighted by Gasteiger charge is 2.44. The average molecular weight is 417 g/mol. The Morgan fingerprint density at radius 2 is 1.67 bits per heavy atom. The Balaban J connectivity index is 1.61. The first-order valence-corrected chi connectivity index (χ1v) is 9.92. The van der Waals surface area contributed by atoms with Gasteiger partial charge in [-0.1, -0.05) is 46.3 Å². The molecule has 0 saturated carbocycles. The monoisotopic (exact) mass is 416 g/mol. The van der Waals surface area contributed by atoms with E-state index in [2.05, 4.69) is 97.4 Å². The van der Waals surface area contributed by atoms with Crippen LogP contribution in [0.25, 0.3) is 10.9 Å². The second-order valence-corrected chi connectivity index (χ2v) is 8.19. The molecule has 0 unspecified atom stereocenters. The predicted molar refractivity (Wildman–Crippen MR) is 112 cm³/mol. The number of nitrogens with zero attached hydrogens (tertiary/aromatic N) is 1. The van der Waals surface area contributed by atoms with E-state index < -0.39 is 0 Å². The molecular weight excluding hydrogens is 400 g/mol. The summed E-state index contributed by atoms with van der Waals surface area (Å²) in [6.45, 7) is 0. The molecule has 27 heavy (non-hydrogen) atoms. The number of H-pyrrole nitrogens is 1. The van der Waals surface area contributed by atoms with Crippen LogP contribution in [0.3, 0.4) is 0 Å². The molecule has 132 valence electrons.